The predicted molar refractivity (Wildman–Crippen MR) is 117 cm³/mol. The largest absolute Gasteiger partial charge is 0.489 e. The third kappa shape index (κ3) is 5.35. The van der Waals surface area contributed by atoms with Crippen molar-refractivity contribution < 1.29 is 14.2 Å². The summed E-state index contributed by atoms with van der Waals surface area (Å²) in [5.74, 6) is 1.88. The van der Waals surface area contributed by atoms with E-state index in [4.69, 9.17) is 14.2 Å². The Balaban J connectivity index is 0.00000136. The average molecular weight is 447 g/mol. The van der Waals surface area contributed by atoms with E-state index in [0.29, 0.717) is 23.9 Å². The number of hydrogen-bond acceptors (Lipinski definition) is 5. The van der Waals surface area contributed by atoms with Crippen molar-refractivity contribution >= 4 is 26.8 Å². The van der Waals surface area contributed by atoms with Gasteiger partial charge in [-0.2, -0.15) is 0 Å². The fraction of sp³-hybridized carbons (Fsp3) is 0.364. The van der Waals surface area contributed by atoms with E-state index in [-0.39, 0.29) is 6.10 Å². The summed E-state index contributed by atoms with van der Waals surface area (Å²) in [6, 6.07) is 10.0. The first-order valence-electron chi connectivity index (χ1n) is 9.33. The molecule has 1 aromatic carbocycles. The molecule has 0 spiro atoms. The molecular weight excluding hydrogens is 420 g/mol. The number of halogens is 1. The second-order valence-corrected chi connectivity index (χ2v) is 7.09. The first-order chi connectivity index (χ1) is 13.5. The van der Waals surface area contributed by atoms with Crippen LogP contribution in [0.25, 0.3) is 10.9 Å². The number of pyridine rings is 2. The number of nitrogens with zero attached hydrogens (tertiary/aromatic N) is 2. The number of aromatic nitrogens is 2. The highest BCUT2D eigenvalue weighted by Gasteiger charge is 2.14. The molecule has 3 aromatic rings. The van der Waals surface area contributed by atoms with Crippen molar-refractivity contribution in [1.29, 1.82) is 0 Å². The van der Waals surface area contributed by atoms with E-state index in [1.807, 2.05) is 52.0 Å². The van der Waals surface area contributed by atoms with Gasteiger partial charge in [-0.25, -0.2) is 9.97 Å². The lowest BCUT2D eigenvalue weighted by Gasteiger charge is -2.14. The normalized spacial score (nSPS) is 10.4. The number of benzene rings is 1. The van der Waals surface area contributed by atoms with E-state index < -0.39 is 0 Å². The monoisotopic (exact) mass is 446 g/mol. The predicted octanol–water partition coefficient (Wildman–Crippen LogP) is 5.81. The standard InChI is InChI=1S/C20H21BrN2O3.C2H6/c1-12(2)26-17-10-15(19(24-3)22-11-17)8-14-7-13-9-16(21)5-6-18(13)23-20(14)25-4;1-2/h5-7,9-12H,8H2,1-4H3;1-2H3. The SMILES string of the molecule is CC.COc1ncc(OC(C)C)cc1Cc1cc2cc(Br)ccc2nc1OC. The summed E-state index contributed by atoms with van der Waals surface area (Å²) in [6.07, 6.45) is 2.33. The number of rotatable bonds is 6. The number of fused-ring (bicyclic) bond motifs is 1. The number of ether oxygens (including phenoxy) is 3. The van der Waals surface area contributed by atoms with Gasteiger partial charge in [-0.3, -0.25) is 0 Å². The lowest BCUT2D eigenvalue weighted by molar-refractivity contribution is 0.240. The van der Waals surface area contributed by atoms with E-state index >= 15 is 0 Å². The van der Waals surface area contributed by atoms with Crippen LogP contribution in [0, 0.1) is 0 Å². The van der Waals surface area contributed by atoms with Crippen molar-refractivity contribution in [3.05, 3.63) is 52.1 Å². The summed E-state index contributed by atoms with van der Waals surface area (Å²) < 4.78 is 17.7. The van der Waals surface area contributed by atoms with Crippen LogP contribution in [0.3, 0.4) is 0 Å². The highest BCUT2D eigenvalue weighted by Crippen LogP contribution is 2.30. The first kappa shape index (κ1) is 22.0. The molecule has 5 nitrogen and oxygen atoms in total. The Morgan fingerprint density at radius 1 is 0.964 bits per heavy atom. The van der Waals surface area contributed by atoms with Crippen LogP contribution >= 0.6 is 15.9 Å². The second kappa shape index (κ2) is 10.3. The summed E-state index contributed by atoms with van der Waals surface area (Å²) >= 11 is 3.51. The third-order valence-electron chi connectivity index (χ3n) is 3.86. The summed E-state index contributed by atoms with van der Waals surface area (Å²) in [6.45, 7) is 7.97. The Bertz CT molecular complexity index is 929. The molecule has 0 radical (unpaired) electrons. The summed E-state index contributed by atoms with van der Waals surface area (Å²) in [7, 11) is 3.24. The molecule has 0 aliphatic heterocycles. The summed E-state index contributed by atoms with van der Waals surface area (Å²) in [5.41, 5.74) is 2.76. The Morgan fingerprint density at radius 2 is 1.64 bits per heavy atom. The first-order valence-corrected chi connectivity index (χ1v) is 10.1. The molecule has 2 aromatic heterocycles. The minimum absolute atomic E-state index is 0.0762. The molecule has 0 atom stereocenters. The third-order valence-corrected chi connectivity index (χ3v) is 4.35. The Labute approximate surface area is 175 Å². The van der Waals surface area contributed by atoms with E-state index in [1.54, 1.807) is 20.4 Å². The van der Waals surface area contributed by atoms with Crippen LogP contribution in [0.1, 0.15) is 38.8 Å². The summed E-state index contributed by atoms with van der Waals surface area (Å²) in [4.78, 5) is 8.98. The minimum Gasteiger partial charge on any atom is -0.489 e. The fourth-order valence-corrected chi connectivity index (χ4v) is 3.18. The maximum Gasteiger partial charge on any atom is 0.217 e. The van der Waals surface area contributed by atoms with E-state index in [0.717, 1.165) is 26.5 Å². The van der Waals surface area contributed by atoms with Gasteiger partial charge in [0.25, 0.3) is 0 Å². The lowest BCUT2D eigenvalue weighted by Crippen LogP contribution is -2.07. The fourth-order valence-electron chi connectivity index (χ4n) is 2.80. The van der Waals surface area contributed by atoms with Gasteiger partial charge in [0.15, 0.2) is 0 Å². The van der Waals surface area contributed by atoms with E-state index in [1.165, 1.54) is 0 Å². The smallest absolute Gasteiger partial charge is 0.217 e. The topological polar surface area (TPSA) is 53.5 Å². The molecule has 0 N–H and O–H groups in total. The molecule has 0 fully saturated rings. The molecular formula is C22H27BrN2O3. The molecule has 28 heavy (non-hydrogen) atoms. The Morgan fingerprint density at radius 3 is 2.29 bits per heavy atom. The van der Waals surface area contributed by atoms with Crippen molar-refractivity contribution in [2.75, 3.05) is 14.2 Å². The molecule has 3 rings (SSSR count). The highest BCUT2D eigenvalue weighted by atomic mass is 79.9. The summed E-state index contributed by atoms with van der Waals surface area (Å²) in [5, 5.41) is 1.04. The maximum atomic E-state index is 5.76. The molecule has 0 aliphatic carbocycles. The van der Waals surface area contributed by atoms with E-state index in [2.05, 4.69) is 32.0 Å². The van der Waals surface area contributed by atoms with Gasteiger partial charge >= 0.3 is 0 Å². The molecule has 2 heterocycles. The van der Waals surface area contributed by atoms with Crippen LogP contribution in [0.5, 0.6) is 17.5 Å². The van der Waals surface area contributed by atoms with Crippen molar-refractivity contribution in [1.82, 2.24) is 9.97 Å². The Kier molecular flexibility index (Phi) is 8.05. The van der Waals surface area contributed by atoms with Gasteiger partial charge in [-0.1, -0.05) is 29.8 Å². The van der Waals surface area contributed by atoms with Crippen LogP contribution in [-0.2, 0) is 6.42 Å². The molecule has 150 valence electrons. The van der Waals surface area contributed by atoms with Gasteiger partial charge in [-0.05, 0) is 44.2 Å². The zero-order valence-electron chi connectivity index (χ0n) is 17.2. The van der Waals surface area contributed by atoms with Gasteiger partial charge in [0.2, 0.25) is 11.8 Å². The van der Waals surface area contributed by atoms with E-state index in [9.17, 15) is 0 Å². The lowest BCUT2D eigenvalue weighted by atomic mass is 10.0. The molecule has 0 amide bonds. The van der Waals surface area contributed by atoms with Gasteiger partial charge < -0.3 is 14.2 Å². The molecule has 0 saturated heterocycles. The van der Waals surface area contributed by atoms with Crippen LogP contribution in [0.2, 0.25) is 0 Å². The molecule has 0 unspecified atom stereocenters. The van der Waals surface area contributed by atoms with Crippen LogP contribution in [0.4, 0.5) is 0 Å². The highest BCUT2D eigenvalue weighted by molar-refractivity contribution is 9.10. The van der Waals surface area contributed by atoms with Crippen LogP contribution in [-0.4, -0.2) is 30.3 Å². The molecule has 0 aliphatic rings. The zero-order valence-corrected chi connectivity index (χ0v) is 18.8. The average Bonchev–Trinajstić information content (AvgIpc) is 2.69. The molecule has 6 heteroatoms. The molecule has 0 saturated carbocycles. The van der Waals surface area contributed by atoms with Crippen molar-refractivity contribution in [3.63, 3.8) is 0 Å². The zero-order chi connectivity index (χ0) is 20.7. The second-order valence-electron chi connectivity index (χ2n) is 6.18. The number of methoxy groups -OCH3 is 2. The van der Waals surface area contributed by atoms with Gasteiger partial charge in [0.1, 0.15) is 5.75 Å². The number of hydrogen-bond donors (Lipinski definition) is 0. The van der Waals surface area contributed by atoms with Crippen LogP contribution in [0.15, 0.2) is 41.0 Å². The Hall–Kier alpha value is -2.34. The van der Waals surface area contributed by atoms with Crippen molar-refractivity contribution in [3.8, 4) is 17.5 Å². The quantitative estimate of drug-likeness (QED) is 0.477. The minimum atomic E-state index is 0.0762. The maximum absolute atomic E-state index is 5.76. The van der Waals surface area contributed by atoms with Crippen LogP contribution < -0.4 is 14.2 Å². The van der Waals surface area contributed by atoms with Gasteiger partial charge in [0.05, 0.1) is 32.0 Å². The van der Waals surface area contributed by atoms with Gasteiger partial charge in [0, 0.05) is 27.4 Å². The van der Waals surface area contributed by atoms with Crippen molar-refractivity contribution in [2.24, 2.45) is 0 Å². The van der Waals surface area contributed by atoms with Crippen molar-refractivity contribution in [2.45, 2.75) is 40.2 Å². The molecule has 0 bridgehead atoms. The van der Waals surface area contributed by atoms with Gasteiger partial charge in [-0.15, -0.1) is 0 Å².